The average Bonchev–Trinajstić information content (AvgIpc) is 2.48. The van der Waals surface area contributed by atoms with E-state index in [9.17, 15) is 0 Å². The Kier molecular flexibility index (Phi) is 3.29. The molecule has 2 aromatic carbocycles. The molecule has 0 saturated carbocycles. The summed E-state index contributed by atoms with van der Waals surface area (Å²) in [5, 5.41) is 0. The minimum atomic E-state index is 0.540. The van der Waals surface area contributed by atoms with Crippen LogP contribution in [0.5, 0.6) is 5.75 Å². The summed E-state index contributed by atoms with van der Waals surface area (Å²) < 4.78 is 5.24. The number of ether oxygens (including phenoxy) is 1. The van der Waals surface area contributed by atoms with Gasteiger partial charge in [-0.25, -0.2) is 0 Å². The van der Waals surface area contributed by atoms with Crippen LogP contribution in [-0.2, 0) is 0 Å². The lowest BCUT2D eigenvalue weighted by atomic mass is 9.75. The summed E-state index contributed by atoms with van der Waals surface area (Å²) in [6, 6.07) is 17.4. The minimum absolute atomic E-state index is 0.540. The number of benzene rings is 2. The molecular formula is C18H20O. The zero-order chi connectivity index (χ0) is 13.2. The van der Waals surface area contributed by atoms with Crippen molar-refractivity contribution in [3.63, 3.8) is 0 Å². The summed E-state index contributed by atoms with van der Waals surface area (Å²) in [5.41, 5.74) is 4.43. The third-order valence-corrected chi connectivity index (χ3v) is 4.31. The van der Waals surface area contributed by atoms with Crippen molar-refractivity contribution in [3.05, 3.63) is 65.2 Å². The maximum atomic E-state index is 5.24. The lowest BCUT2D eigenvalue weighted by Crippen LogP contribution is -2.13. The Morgan fingerprint density at radius 3 is 2.26 bits per heavy atom. The number of methoxy groups -OCH3 is 1. The van der Waals surface area contributed by atoms with Crippen LogP contribution in [0.25, 0.3) is 0 Å². The second-order valence-corrected chi connectivity index (χ2v) is 5.43. The molecule has 0 amide bonds. The molecule has 2 aromatic rings. The lowest BCUT2D eigenvalue weighted by Gasteiger charge is -2.30. The van der Waals surface area contributed by atoms with Gasteiger partial charge in [0.05, 0.1) is 7.11 Å². The number of rotatable bonds is 2. The molecule has 0 heterocycles. The van der Waals surface area contributed by atoms with Crippen LogP contribution in [0.15, 0.2) is 48.5 Å². The van der Waals surface area contributed by atoms with E-state index in [1.54, 1.807) is 7.11 Å². The van der Waals surface area contributed by atoms with Crippen molar-refractivity contribution in [1.82, 2.24) is 0 Å². The van der Waals surface area contributed by atoms with Crippen LogP contribution in [0.4, 0.5) is 0 Å². The maximum Gasteiger partial charge on any atom is 0.118 e. The Morgan fingerprint density at radius 1 is 0.895 bits per heavy atom. The first kappa shape index (κ1) is 12.3. The first-order valence-corrected chi connectivity index (χ1v) is 7.02. The lowest BCUT2D eigenvalue weighted by molar-refractivity contribution is 0.414. The molecule has 0 spiro atoms. The maximum absolute atomic E-state index is 5.24. The van der Waals surface area contributed by atoms with E-state index >= 15 is 0 Å². The fraction of sp³-hybridized carbons (Fsp3) is 0.333. The highest BCUT2D eigenvalue weighted by Gasteiger charge is 2.25. The highest BCUT2D eigenvalue weighted by molar-refractivity contribution is 5.42. The molecule has 19 heavy (non-hydrogen) atoms. The molecule has 0 unspecified atom stereocenters. The van der Waals surface area contributed by atoms with Gasteiger partial charge in [0.25, 0.3) is 0 Å². The van der Waals surface area contributed by atoms with Gasteiger partial charge < -0.3 is 4.74 Å². The molecule has 0 fully saturated rings. The van der Waals surface area contributed by atoms with Gasteiger partial charge in [-0.05, 0) is 47.6 Å². The molecule has 2 atom stereocenters. The van der Waals surface area contributed by atoms with Crippen LogP contribution in [0.1, 0.15) is 48.3 Å². The van der Waals surface area contributed by atoms with E-state index in [0.717, 1.165) is 5.75 Å². The zero-order valence-corrected chi connectivity index (χ0v) is 11.6. The molecule has 0 saturated heterocycles. The quantitative estimate of drug-likeness (QED) is 0.751. The van der Waals surface area contributed by atoms with E-state index in [0.29, 0.717) is 11.8 Å². The van der Waals surface area contributed by atoms with Crippen molar-refractivity contribution < 1.29 is 4.74 Å². The van der Waals surface area contributed by atoms with Crippen molar-refractivity contribution in [2.75, 3.05) is 7.11 Å². The van der Waals surface area contributed by atoms with Crippen LogP contribution in [-0.4, -0.2) is 7.11 Å². The molecular weight excluding hydrogens is 232 g/mol. The average molecular weight is 252 g/mol. The van der Waals surface area contributed by atoms with Crippen molar-refractivity contribution >= 4 is 0 Å². The van der Waals surface area contributed by atoms with Gasteiger partial charge in [0.1, 0.15) is 5.75 Å². The van der Waals surface area contributed by atoms with Gasteiger partial charge in [-0.15, -0.1) is 0 Å². The van der Waals surface area contributed by atoms with Crippen molar-refractivity contribution in [3.8, 4) is 5.75 Å². The summed E-state index contributed by atoms with van der Waals surface area (Å²) in [5.74, 6) is 2.16. The Balaban J connectivity index is 1.99. The van der Waals surface area contributed by atoms with Crippen LogP contribution in [0, 0.1) is 0 Å². The van der Waals surface area contributed by atoms with E-state index in [1.807, 2.05) is 0 Å². The molecule has 0 aromatic heterocycles. The van der Waals surface area contributed by atoms with Gasteiger partial charge in [0.15, 0.2) is 0 Å². The Morgan fingerprint density at radius 2 is 1.58 bits per heavy atom. The molecule has 0 N–H and O–H groups in total. The fourth-order valence-corrected chi connectivity index (χ4v) is 3.19. The SMILES string of the molecule is COc1ccc([C@@H]2CC[C@@H](C)c3ccccc32)cc1. The van der Waals surface area contributed by atoms with Crippen molar-refractivity contribution in [2.24, 2.45) is 0 Å². The molecule has 1 aliphatic rings. The highest BCUT2D eigenvalue weighted by Crippen LogP contribution is 2.42. The Bertz CT molecular complexity index is 556. The van der Waals surface area contributed by atoms with E-state index in [4.69, 9.17) is 4.74 Å². The topological polar surface area (TPSA) is 9.23 Å². The van der Waals surface area contributed by atoms with Crippen molar-refractivity contribution in [1.29, 1.82) is 0 Å². The largest absolute Gasteiger partial charge is 0.497 e. The van der Waals surface area contributed by atoms with Gasteiger partial charge >= 0.3 is 0 Å². The molecule has 3 rings (SSSR count). The van der Waals surface area contributed by atoms with Crippen LogP contribution in [0.2, 0.25) is 0 Å². The molecule has 0 bridgehead atoms. The third kappa shape index (κ3) is 2.25. The normalized spacial score (nSPS) is 21.8. The van der Waals surface area contributed by atoms with Crippen LogP contribution in [0.3, 0.4) is 0 Å². The first-order valence-electron chi connectivity index (χ1n) is 7.02. The summed E-state index contributed by atoms with van der Waals surface area (Å²) in [6.45, 7) is 2.34. The van der Waals surface area contributed by atoms with E-state index in [-0.39, 0.29) is 0 Å². The minimum Gasteiger partial charge on any atom is -0.497 e. The van der Waals surface area contributed by atoms with Crippen molar-refractivity contribution in [2.45, 2.75) is 31.6 Å². The third-order valence-electron chi connectivity index (χ3n) is 4.31. The van der Waals surface area contributed by atoms with Crippen LogP contribution >= 0.6 is 0 Å². The monoisotopic (exact) mass is 252 g/mol. The van der Waals surface area contributed by atoms with E-state index in [1.165, 1.54) is 29.5 Å². The van der Waals surface area contributed by atoms with Gasteiger partial charge in [-0.3, -0.25) is 0 Å². The second-order valence-electron chi connectivity index (χ2n) is 5.43. The fourth-order valence-electron chi connectivity index (χ4n) is 3.19. The second kappa shape index (κ2) is 5.08. The number of hydrogen-bond donors (Lipinski definition) is 0. The van der Waals surface area contributed by atoms with Gasteiger partial charge in [0, 0.05) is 5.92 Å². The molecule has 0 aliphatic heterocycles. The smallest absolute Gasteiger partial charge is 0.118 e. The molecule has 0 radical (unpaired) electrons. The predicted octanol–water partition coefficient (Wildman–Crippen LogP) is 4.72. The standard InChI is InChI=1S/C18H20O/c1-13-7-12-17(18-6-4-3-5-16(13)18)14-8-10-15(19-2)11-9-14/h3-6,8-11,13,17H,7,12H2,1-2H3/t13-,17+/m1/s1. The summed E-state index contributed by atoms with van der Waals surface area (Å²) >= 11 is 0. The zero-order valence-electron chi connectivity index (χ0n) is 11.6. The van der Waals surface area contributed by atoms with Gasteiger partial charge in [-0.2, -0.15) is 0 Å². The van der Waals surface area contributed by atoms with E-state index < -0.39 is 0 Å². The van der Waals surface area contributed by atoms with Gasteiger partial charge in [-0.1, -0.05) is 43.3 Å². The summed E-state index contributed by atoms with van der Waals surface area (Å²) in [7, 11) is 1.71. The Hall–Kier alpha value is -1.76. The highest BCUT2D eigenvalue weighted by atomic mass is 16.5. The predicted molar refractivity (Wildman–Crippen MR) is 78.9 cm³/mol. The number of hydrogen-bond acceptors (Lipinski definition) is 1. The molecule has 1 heteroatoms. The summed E-state index contributed by atoms with van der Waals surface area (Å²) in [4.78, 5) is 0. The first-order chi connectivity index (χ1) is 9.29. The molecule has 1 aliphatic carbocycles. The van der Waals surface area contributed by atoms with Gasteiger partial charge in [0.2, 0.25) is 0 Å². The van der Waals surface area contributed by atoms with E-state index in [2.05, 4.69) is 55.5 Å². The van der Waals surface area contributed by atoms with Crippen LogP contribution < -0.4 is 4.74 Å². The number of fused-ring (bicyclic) bond motifs is 1. The molecule has 1 nitrogen and oxygen atoms in total. The molecule has 98 valence electrons. The summed E-state index contributed by atoms with van der Waals surface area (Å²) in [6.07, 6.45) is 2.51. The Labute approximate surface area is 115 Å².